The Morgan fingerprint density at radius 2 is 1.71 bits per heavy atom. The van der Waals surface area contributed by atoms with Gasteiger partial charge < -0.3 is 26.2 Å². The number of hydrogen-bond donors (Lipinski definition) is 3. The van der Waals surface area contributed by atoms with Gasteiger partial charge in [-0.15, -0.1) is 0 Å². The number of nitrogens with zero attached hydrogens (tertiary/aromatic N) is 6. The van der Waals surface area contributed by atoms with Gasteiger partial charge in [0.2, 0.25) is 17.8 Å². The van der Waals surface area contributed by atoms with Gasteiger partial charge in [0.25, 0.3) is 0 Å². The molecule has 0 aliphatic carbocycles. The molecule has 9 heteroatoms. The summed E-state index contributed by atoms with van der Waals surface area (Å²) in [7, 11) is 0. The number of anilines is 3. The summed E-state index contributed by atoms with van der Waals surface area (Å²) < 4.78 is 0. The Labute approximate surface area is 170 Å². The van der Waals surface area contributed by atoms with E-state index in [2.05, 4.69) is 68.0 Å². The number of nitrogens with two attached hydrogens (primary N) is 1. The number of rotatable bonds is 12. The van der Waals surface area contributed by atoms with Crippen molar-refractivity contribution in [3.8, 4) is 0 Å². The zero-order valence-electron chi connectivity index (χ0n) is 18.1. The van der Waals surface area contributed by atoms with Crippen LogP contribution in [0.2, 0.25) is 0 Å². The second kappa shape index (κ2) is 12.0. The summed E-state index contributed by atoms with van der Waals surface area (Å²) in [4.78, 5) is 20.9. The minimum Gasteiger partial charge on any atom is -0.354 e. The van der Waals surface area contributed by atoms with Crippen LogP contribution in [0, 0.1) is 0 Å². The van der Waals surface area contributed by atoms with Crippen LogP contribution in [0.3, 0.4) is 0 Å². The van der Waals surface area contributed by atoms with E-state index in [-0.39, 0.29) is 6.04 Å². The van der Waals surface area contributed by atoms with Crippen molar-refractivity contribution in [2.45, 2.75) is 40.2 Å². The molecule has 1 aromatic heterocycles. The first-order valence-corrected chi connectivity index (χ1v) is 10.7. The van der Waals surface area contributed by atoms with Gasteiger partial charge in [-0.3, -0.25) is 4.90 Å². The van der Waals surface area contributed by atoms with Crippen LogP contribution in [0.1, 0.15) is 34.1 Å². The molecule has 0 atom stereocenters. The molecule has 0 aromatic carbocycles. The Kier molecular flexibility index (Phi) is 9.66. The summed E-state index contributed by atoms with van der Waals surface area (Å²) in [5, 5.41) is 6.70. The summed E-state index contributed by atoms with van der Waals surface area (Å²) in [6, 6.07) is 0.271. The van der Waals surface area contributed by atoms with Crippen molar-refractivity contribution in [3.63, 3.8) is 0 Å². The fourth-order valence-electron chi connectivity index (χ4n) is 3.30. The summed E-state index contributed by atoms with van der Waals surface area (Å²) in [6.45, 7) is 18.1. The molecule has 0 saturated carbocycles. The van der Waals surface area contributed by atoms with Gasteiger partial charge in [0.05, 0.1) is 0 Å². The molecule has 4 N–H and O–H groups in total. The van der Waals surface area contributed by atoms with Crippen LogP contribution in [0.5, 0.6) is 0 Å². The Bertz CT molecular complexity index is 554. The van der Waals surface area contributed by atoms with Crippen molar-refractivity contribution in [1.29, 1.82) is 0 Å². The van der Waals surface area contributed by atoms with Gasteiger partial charge in [0.1, 0.15) is 0 Å². The van der Waals surface area contributed by atoms with Crippen molar-refractivity contribution < 1.29 is 0 Å². The Balaban J connectivity index is 1.99. The van der Waals surface area contributed by atoms with Crippen molar-refractivity contribution >= 4 is 17.8 Å². The average molecular weight is 394 g/mol. The molecule has 160 valence electrons. The lowest BCUT2D eigenvalue weighted by molar-refractivity contribution is 0.263. The predicted octanol–water partition coefficient (Wildman–Crippen LogP) is 0.916. The van der Waals surface area contributed by atoms with E-state index >= 15 is 0 Å². The smallest absolute Gasteiger partial charge is 0.232 e. The van der Waals surface area contributed by atoms with Crippen molar-refractivity contribution in [1.82, 2.24) is 24.8 Å². The summed E-state index contributed by atoms with van der Waals surface area (Å²) in [5.41, 5.74) is 5.68. The summed E-state index contributed by atoms with van der Waals surface area (Å²) in [5.74, 6) is 2.03. The maximum Gasteiger partial charge on any atom is 0.232 e. The second-order valence-electron chi connectivity index (χ2n) is 7.51. The molecule has 1 aromatic rings. The normalized spacial score (nSPS) is 15.5. The molecule has 28 heavy (non-hydrogen) atoms. The van der Waals surface area contributed by atoms with Crippen LogP contribution in [0.15, 0.2) is 0 Å². The molecule has 2 rings (SSSR count). The molecule has 1 aliphatic heterocycles. The van der Waals surface area contributed by atoms with E-state index in [1.807, 2.05) is 0 Å². The van der Waals surface area contributed by atoms with Crippen LogP contribution in [0.25, 0.3) is 0 Å². The highest BCUT2D eigenvalue weighted by molar-refractivity contribution is 5.44. The van der Waals surface area contributed by atoms with E-state index in [1.54, 1.807) is 0 Å². The highest BCUT2D eigenvalue weighted by Gasteiger charge is 2.20. The largest absolute Gasteiger partial charge is 0.354 e. The van der Waals surface area contributed by atoms with Gasteiger partial charge in [-0.2, -0.15) is 15.0 Å². The standard InChI is InChI=1S/C19H39N9/c1-5-26(6-2)10-7-9-21-17-23-18(22-16(3)4)25-19(24-17)28-14-12-27(11-8-20)13-15-28/h16H,5-15,20H2,1-4H3,(H2,21,22,23,24,25). The zero-order chi connectivity index (χ0) is 20.4. The van der Waals surface area contributed by atoms with E-state index in [9.17, 15) is 0 Å². The van der Waals surface area contributed by atoms with Gasteiger partial charge in [-0.1, -0.05) is 13.8 Å². The third-order valence-corrected chi connectivity index (χ3v) is 4.97. The second-order valence-corrected chi connectivity index (χ2v) is 7.51. The zero-order valence-corrected chi connectivity index (χ0v) is 18.1. The molecule has 1 fully saturated rings. The monoisotopic (exact) mass is 393 g/mol. The molecule has 1 aliphatic rings. The highest BCUT2D eigenvalue weighted by Crippen LogP contribution is 2.16. The SMILES string of the molecule is CCN(CC)CCCNc1nc(NC(C)C)nc(N2CCN(CCN)CC2)n1. The maximum absolute atomic E-state index is 5.68. The highest BCUT2D eigenvalue weighted by atomic mass is 15.4. The third-order valence-electron chi connectivity index (χ3n) is 4.97. The molecule has 0 spiro atoms. The van der Waals surface area contributed by atoms with Crippen molar-refractivity contribution in [2.24, 2.45) is 5.73 Å². The van der Waals surface area contributed by atoms with E-state index in [0.717, 1.165) is 71.3 Å². The lowest BCUT2D eigenvalue weighted by Gasteiger charge is -2.34. The van der Waals surface area contributed by atoms with Crippen molar-refractivity contribution in [3.05, 3.63) is 0 Å². The number of piperazine rings is 1. The first-order chi connectivity index (χ1) is 13.5. The summed E-state index contributed by atoms with van der Waals surface area (Å²) >= 11 is 0. The van der Waals surface area contributed by atoms with Gasteiger partial charge >= 0.3 is 0 Å². The Hall–Kier alpha value is -1.71. The molecule has 0 bridgehead atoms. The first kappa shape index (κ1) is 22.6. The number of aromatic nitrogens is 3. The molecule has 2 heterocycles. The predicted molar refractivity (Wildman–Crippen MR) is 117 cm³/mol. The van der Waals surface area contributed by atoms with Crippen molar-refractivity contribution in [2.75, 3.05) is 81.0 Å². The molecule has 9 nitrogen and oxygen atoms in total. The molecule has 0 amide bonds. The minimum atomic E-state index is 0.271. The van der Waals surface area contributed by atoms with Crippen LogP contribution in [-0.2, 0) is 0 Å². The fourth-order valence-corrected chi connectivity index (χ4v) is 3.30. The van der Waals surface area contributed by atoms with E-state index < -0.39 is 0 Å². The van der Waals surface area contributed by atoms with Crippen LogP contribution in [0.4, 0.5) is 17.8 Å². The van der Waals surface area contributed by atoms with Gasteiger partial charge in [-0.05, 0) is 39.9 Å². The Morgan fingerprint density at radius 1 is 1.04 bits per heavy atom. The topological polar surface area (TPSA) is 98.5 Å². The Morgan fingerprint density at radius 3 is 2.32 bits per heavy atom. The van der Waals surface area contributed by atoms with Gasteiger partial charge in [0, 0.05) is 51.9 Å². The number of nitrogens with one attached hydrogen (secondary N) is 2. The molecule has 0 unspecified atom stereocenters. The quantitative estimate of drug-likeness (QED) is 0.448. The lowest BCUT2D eigenvalue weighted by atomic mass is 10.3. The number of hydrogen-bond acceptors (Lipinski definition) is 9. The van der Waals surface area contributed by atoms with Crippen LogP contribution >= 0.6 is 0 Å². The molecular weight excluding hydrogens is 354 g/mol. The van der Waals surface area contributed by atoms with Gasteiger partial charge in [-0.25, -0.2) is 0 Å². The first-order valence-electron chi connectivity index (χ1n) is 10.7. The molecule has 0 radical (unpaired) electrons. The van der Waals surface area contributed by atoms with Gasteiger partial charge in [0.15, 0.2) is 0 Å². The summed E-state index contributed by atoms with van der Waals surface area (Å²) in [6.07, 6.45) is 1.06. The molecule has 1 saturated heterocycles. The van der Waals surface area contributed by atoms with Crippen LogP contribution < -0.4 is 21.3 Å². The van der Waals surface area contributed by atoms with E-state index in [4.69, 9.17) is 5.73 Å². The van der Waals surface area contributed by atoms with E-state index in [1.165, 1.54) is 0 Å². The van der Waals surface area contributed by atoms with Crippen LogP contribution in [-0.4, -0.2) is 96.2 Å². The third kappa shape index (κ3) is 7.37. The van der Waals surface area contributed by atoms with E-state index in [0.29, 0.717) is 18.4 Å². The minimum absolute atomic E-state index is 0.271. The lowest BCUT2D eigenvalue weighted by Crippen LogP contribution is -2.48. The maximum atomic E-state index is 5.68. The fraction of sp³-hybridized carbons (Fsp3) is 0.842. The average Bonchev–Trinajstić information content (AvgIpc) is 2.68. The molecular formula is C19H39N9.